The zero-order chi connectivity index (χ0) is 20.6. The molecule has 8 heteroatoms. The van der Waals surface area contributed by atoms with Gasteiger partial charge < -0.3 is 25.3 Å². The molecule has 0 aromatic heterocycles. The monoisotopic (exact) mass is 418 g/mol. The van der Waals surface area contributed by atoms with E-state index in [-0.39, 0.29) is 6.04 Å². The summed E-state index contributed by atoms with van der Waals surface area (Å²) in [5.41, 5.74) is 8.05. The Bertz CT molecular complexity index is 823. The molecular formula is C21H27ClN4O3. The van der Waals surface area contributed by atoms with Crippen molar-refractivity contribution in [3.63, 3.8) is 0 Å². The third-order valence-corrected chi connectivity index (χ3v) is 5.14. The highest BCUT2D eigenvalue weighted by molar-refractivity contribution is 6.32. The smallest absolute Gasteiger partial charge is 0.193 e. The number of nitrogens with two attached hydrogens (primary N) is 1. The number of rotatable bonds is 7. The molecule has 1 aliphatic heterocycles. The zero-order valence-corrected chi connectivity index (χ0v) is 17.5. The molecule has 1 unspecified atom stereocenters. The van der Waals surface area contributed by atoms with Crippen LogP contribution in [0.5, 0.6) is 11.5 Å². The lowest BCUT2D eigenvalue weighted by atomic mass is 10.0. The first-order chi connectivity index (χ1) is 14.1. The van der Waals surface area contributed by atoms with Crippen LogP contribution >= 0.6 is 11.6 Å². The second kappa shape index (κ2) is 10.3. The van der Waals surface area contributed by atoms with Crippen molar-refractivity contribution in [2.24, 2.45) is 10.7 Å². The Morgan fingerprint density at radius 1 is 1.17 bits per heavy atom. The Hall–Kier alpha value is -2.48. The molecule has 1 fully saturated rings. The average molecular weight is 419 g/mol. The molecule has 1 aliphatic rings. The molecule has 0 aliphatic carbocycles. The molecule has 2 aromatic carbocycles. The number of nitrogens with one attached hydrogen (secondary N) is 1. The lowest BCUT2D eigenvalue weighted by Gasteiger charge is -2.34. The predicted molar refractivity (Wildman–Crippen MR) is 116 cm³/mol. The Morgan fingerprint density at radius 3 is 2.52 bits per heavy atom. The third kappa shape index (κ3) is 5.76. The minimum absolute atomic E-state index is 0.101. The van der Waals surface area contributed by atoms with Crippen LogP contribution in [-0.4, -0.2) is 57.9 Å². The molecule has 0 radical (unpaired) electrons. The van der Waals surface area contributed by atoms with Gasteiger partial charge in [-0.1, -0.05) is 23.7 Å². The van der Waals surface area contributed by atoms with Crippen LogP contribution < -0.4 is 20.5 Å². The fourth-order valence-corrected chi connectivity index (χ4v) is 3.52. The van der Waals surface area contributed by atoms with Gasteiger partial charge in [0.1, 0.15) is 11.5 Å². The van der Waals surface area contributed by atoms with Gasteiger partial charge in [-0.05, 0) is 35.9 Å². The highest BCUT2D eigenvalue weighted by Gasteiger charge is 2.22. The highest BCUT2D eigenvalue weighted by Crippen LogP contribution is 2.27. The van der Waals surface area contributed by atoms with Crippen LogP contribution in [0.3, 0.4) is 0 Å². The molecule has 2 aromatic rings. The Balaban J connectivity index is 1.72. The van der Waals surface area contributed by atoms with E-state index in [0.29, 0.717) is 36.5 Å². The van der Waals surface area contributed by atoms with Gasteiger partial charge in [0.25, 0.3) is 0 Å². The van der Waals surface area contributed by atoms with Gasteiger partial charge in [-0.2, -0.15) is 0 Å². The van der Waals surface area contributed by atoms with Gasteiger partial charge in [-0.15, -0.1) is 0 Å². The summed E-state index contributed by atoms with van der Waals surface area (Å²) in [5, 5.41) is 3.60. The number of benzene rings is 2. The topological polar surface area (TPSA) is 81.3 Å². The second-order valence-electron chi connectivity index (χ2n) is 6.64. The molecule has 0 amide bonds. The number of anilines is 1. The van der Waals surface area contributed by atoms with Crippen molar-refractivity contribution in [2.75, 3.05) is 52.4 Å². The van der Waals surface area contributed by atoms with Crippen LogP contribution in [0.15, 0.2) is 47.5 Å². The molecule has 1 atom stereocenters. The maximum Gasteiger partial charge on any atom is 0.193 e. The molecular weight excluding hydrogens is 392 g/mol. The summed E-state index contributed by atoms with van der Waals surface area (Å²) in [5.74, 6) is 1.77. The average Bonchev–Trinajstić information content (AvgIpc) is 2.75. The first-order valence-electron chi connectivity index (χ1n) is 9.47. The van der Waals surface area contributed by atoms with Crippen LogP contribution in [0.2, 0.25) is 5.02 Å². The molecule has 0 bridgehead atoms. The third-order valence-electron chi connectivity index (χ3n) is 4.85. The molecule has 0 saturated carbocycles. The highest BCUT2D eigenvalue weighted by atomic mass is 35.5. The first kappa shape index (κ1) is 21.2. The molecule has 3 rings (SSSR count). The van der Waals surface area contributed by atoms with Gasteiger partial charge in [0.2, 0.25) is 0 Å². The van der Waals surface area contributed by atoms with Crippen molar-refractivity contribution in [1.29, 1.82) is 0 Å². The van der Waals surface area contributed by atoms with E-state index >= 15 is 0 Å². The van der Waals surface area contributed by atoms with E-state index in [1.165, 1.54) is 0 Å². The van der Waals surface area contributed by atoms with E-state index in [0.717, 1.165) is 30.1 Å². The van der Waals surface area contributed by atoms with E-state index in [1.807, 2.05) is 18.2 Å². The molecule has 156 valence electrons. The van der Waals surface area contributed by atoms with Crippen LogP contribution in [0.4, 0.5) is 5.69 Å². The maximum absolute atomic E-state index is 6.17. The molecule has 1 saturated heterocycles. The Kier molecular flexibility index (Phi) is 7.57. The van der Waals surface area contributed by atoms with Crippen molar-refractivity contribution in [2.45, 2.75) is 6.04 Å². The summed E-state index contributed by atoms with van der Waals surface area (Å²) in [4.78, 5) is 6.95. The lowest BCUT2D eigenvalue weighted by Crippen LogP contribution is -2.40. The number of hydrogen-bond acceptors (Lipinski definition) is 5. The largest absolute Gasteiger partial charge is 0.497 e. The van der Waals surface area contributed by atoms with Crippen molar-refractivity contribution in [1.82, 2.24) is 4.90 Å². The van der Waals surface area contributed by atoms with Gasteiger partial charge in [-0.25, -0.2) is 0 Å². The standard InChI is InChI=1S/C21H27ClN4O3/c1-27-17-6-3-15(4-7-17)19(26-9-11-29-12-10-26)14-24-21(23)25-16-5-8-20(28-2)18(22)13-16/h3-8,13,19H,9-12,14H2,1-2H3,(H3,23,24,25). The van der Waals surface area contributed by atoms with Gasteiger partial charge >= 0.3 is 0 Å². The van der Waals surface area contributed by atoms with E-state index in [4.69, 9.17) is 31.5 Å². The summed E-state index contributed by atoms with van der Waals surface area (Å²) in [6.45, 7) is 3.67. The summed E-state index contributed by atoms with van der Waals surface area (Å²) in [6, 6.07) is 13.6. The minimum atomic E-state index is 0.101. The van der Waals surface area contributed by atoms with Gasteiger partial charge in [0.15, 0.2) is 5.96 Å². The number of nitrogens with zero attached hydrogens (tertiary/aromatic N) is 2. The summed E-state index contributed by atoms with van der Waals surface area (Å²) < 4.78 is 15.9. The number of ether oxygens (including phenoxy) is 3. The number of halogens is 1. The van der Waals surface area contributed by atoms with E-state index in [2.05, 4.69) is 27.3 Å². The maximum atomic E-state index is 6.17. The van der Waals surface area contributed by atoms with Crippen LogP contribution in [-0.2, 0) is 4.74 Å². The predicted octanol–water partition coefficient (Wildman–Crippen LogP) is 3.16. The van der Waals surface area contributed by atoms with E-state index in [9.17, 15) is 0 Å². The molecule has 29 heavy (non-hydrogen) atoms. The van der Waals surface area contributed by atoms with Crippen LogP contribution in [0.25, 0.3) is 0 Å². The van der Waals surface area contributed by atoms with Crippen LogP contribution in [0.1, 0.15) is 11.6 Å². The van der Waals surface area contributed by atoms with Crippen LogP contribution in [0, 0.1) is 0 Å². The lowest BCUT2D eigenvalue weighted by molar-refractivity contribution is 0.0180. The number of morpholine rings is 1. The summed E-state index contributed by atoms with van der Waals surface area (Å²) in [6.07, 6.45) is 0. The Morgan fingerprint density at radius 2 is 1.90 bits per heavy atom. The Labute approximate surface area is 176 Å². The summed E-state index contributed by atoms with van der Waals surface area (Å²) in [7, 11) is 3.24. The van der Waals surface area contributed by atoms with E-state index in [1.54, 1.807) is 26.4 Å². The molecule has 1 heterocycles. The van der Waals surface area contributed by atoms with Crippen molar-refractivity contribution < 1.29 is 14.2 Å². The van der Waals surface area contributed by atoms with Crippen molar-refractivity contribution >= 4 is 23.2 Å². The number of aliphatic imine (C=N–C) groups is 1. The minimum Gasteiger partial charge on any atom is -0.497 e. The molecule has 7 nitrogen and oxygen atoms in total. The van der Waals surface area contributed by atoms with Gasteiger partial charge in [0, 0.05) is 18.8 Å². The van der Waals surface area contributed by atoms with Crippen molar-refractivity contribution in [3.8, 4) is 11.5 Å². The number of methoxy groups -OCH3 is 2. The second-order valence-corrected chi connectivity index (χ2v) is 7.04. The van der Waals surface area contributed by atoms with Gasteiger partial charge in [-0.3, -0.25) is 9.89 Å². The normalized spacial score (nSPS) is 16.3. The SMILES string of the molecule is COc1ccc(C(CN=C(N)Nc2ccc(OC)c(Cl)c2)N2CCOCC2)cc1. The number of guanidine groups is 1. The molecule has 0 spiro atoms. The van der Waals surface area contributed by atoms with E-state index < -0.39 is 0 Å². The molecule has 3 N–H and O–H groups in total. The fraction of sp³-hybridized carbons (Fsp3) is 0.381. The quantitative estimate of drug-likeness (QED) is 0.531. The number of hydrogen-bond donors (Lipinski definition) is 2. The van der Waals surface area contributed by atoms with Gasteiger partial charge in [0.05, 0.1) is 45.0 Å². The fourth-order valence-electron chi connectivity index (χ4n) is 3.26. The summed E-state index contributed by atoms with van der Waals surface area (Å²) >= 11 is 6.17. The first-order valence-corrected chi connectivity index (χ1v) is 9.84. The zero-order valence-electron chi connectivity index (χ0n) is 16.7. The van der Waals surface area contributed by atoms with Crippen molar-refractivity contribution in [3.05, 3.63) is 53.1 Å².